The van der Waals surface area contributed by atoms with Gasteiger partial charge in [-0.3, -0.25) is 4.79 Å². The van der Waals surface area contributed by atoms with Crippen LogP contribution in [0.15, 0.2) is 0 Å². The molecule has 4 unspecified atom stereocenters. The Labute approximate surface area is 127 Å². The number of ketones is 1. The lowest BCUT2D eigenvalue weighted by Crippen LogP contribution is -2.43. The molecule has 0 amide bonds. The predicted molar refractivity (Wildman–Crippen MR) is 81.2 cm³/mol. The zero-order valence-electron chi connectivity index (χ0n) is 13.2. The van der Waals surface area contributed by atoms with Crippen molar-refractivity contribution in [3.8, 4) is 0 Å². The Bertz CT molecular complexity index is 359. The fourth-order valence-corrected chi connectivity index (χ4v) is 4.18. The molecule has 0 aromatic carbocycles. The van der Waals surface area contributed by atoms with Gasteiger partial charge >= 0.3 is 0 Å². The van der Waals surface area contributed by atoms with Crippen LogP contribution >= 0.6 is 0 Å². The molecule has 0 aromatic rings. The van der Waals surface area contributed by atoms with E-state index in [0.29, 0.717) is 24.2 Å². The number of piperidine rings is 1. The first-order valence-electron chi connectivity index (χ1n) is 8.64. The third-order valence-electron chi connectivity index (χ3n) is 5.68. The van der Waals surface area contributed by atoms with E-state index >= 15 is 0 Å². The van der Waals surface area contributed by atoms with Crippen molar-refractivity contribution >= 4 is 5.78 Å². The number of rotatable bonds is 4. The molecule has 3 rings (SSSR count). The van der Waals surface area contributed by atoms with E-state index in [1.807, 2.05) is 0 Å². The summed E-state index contributed by atoms with van der Waals surface area (Å²) in [7, 11) is 0. The summed E-state index contributed by atoms with van der Waals surface area (Å²) in [5, 5.41) is 3.46. The first-order valence-corrected chi connectivity index (χ1v) is 8.64. The number of nitrogens with one attached hydrogen (secondary N) is 1. The molecule has 0 radical (unpaired) electrons. The van der Waals surface area contributed by atoms with Crippen LogP contribution in [-0.2, 0) is 14.3 Å². The average Bonchev–Trinajstić information content (AvgIpc) is 2.96. The van der Waals surface area contributed by atoms with Gasteiger partial charge in [-0.05, 0) is 50.6 Å². The van der Waals surface area contributed by atoms with Crippen molar-refractivity contribution in [3.63, 3.8) is 0 Å². The van der Waals surface area contributed by atoms with Crippen LogP contribution in [-0.4, -0.2) is 44.3 Å². The summed E-state index contributed by atoms with van der Waals surface area (Å²) < 4.78 is 11.4. The maximum Gasteiger partial charge on any atom is 0.136 e. The number of hydrogen-bond acceptors (Lipinski definition) is 4. The van der Waals surface area contributed by atoms with Gasteiger partial charge in [-0.25, -0.2) is 0 Å². The van der Waals surface area contributed by atoms with E-state index < -0.39 is 0 Å². The van der Waals surface area contributed by atoms with Crippen LogP contribution in [0, 0.1) is 17.8 Å². The number of ether oxygens (including phenoxy) is 2. The second-order valence-corrected chi connectivity index (χ2v) is 7.28. The SMILES string of the molecule is CC(CC(=O)C1CCOC2(CCOC2)C1)C1CCCNC1. The minimum atomic E-state index is -0.145. The second kappa shape index (κ2) is 6.76. The summed E-state index contributed by atoms with van der Waals surface area (Å²) in [6, 6.07) is 0. The van der Waals surface area contributed by atoms with Crippen LogP contribution in [0.3, 0.4) is 0 Å². The zero-order chi connectivity index (χ0) is 14.7. The molecule has 120 valence electrons. The van der Waals surface area contributed by atoms with Gasteiger partial charge in [-0.1, -0.05) is 6.92 Å². The first-order chi connectivity index (χ1) is 10.2. The van der Waals surface area contributed by atoms with Crippen LogP contribution in [0.1, 0.15) is 45.4 Å². The second-order valence-electron chi connectivity index (χ2n) is 7.28. The van der Waals surface area contributed by atoms with Crippen LogP contribution < -0.4 is 5.32 Å². The molecule has 0 aromatic heterocycles. The molecule has 3 aliphatic rings. The maximum atomic E-state index is 12.7. The highest BCUT2D eigenvalue weighted by atomic mass is 16.6. The van der Waals surface area contributed by atoms with E-state index in [0.717, 1.165) is 52.0 Å². The van der Waals surface area contributed by atoms with Crippen LogP contribution in [0.25, 0.3) is 0 Å². The normalized spacial score (nSPS) is 38.5. The highest BCUT2D eigenvalue weighted by molar-refractivity contribution is 5.81. The molecule has 0 saturated carbocycles. The highest BCUT2D eigenvalue weighted by Crippen LogP contribution is 2.37. The summed E-state index contributed by atoms with van der Waals surface area (Å²) in [4.78, 5) is 12.7. The van der Waals surface area contributed by atoms with Gasteiger partial charge in [0.15, 0.2) is 0 Å². The molecule has 3 saturated heterocycles. The zero-order valence-corrected chi connectivity index (χ0v) is 13.2. The Kier molecular flexibility index (Phi) is 4.97. The van der Waals surface area contributed by atoms with Gasteiger partial charge in [0.25, 0.3) is 0 Å². The summed E-state index contributed by atoms with van der Waals surface area (Å²) in [6.45, 7) is 6.66. The van der Waals surface area contributed by atoms with Crippen molar-refractivity contribution in [2.45, 2.75) is 51.0 Å². The standard InChI is InChI=1S/C17H29NO3/c1-13(15-3-2-6-18-11-15)9-16(19)14-4-7-21-17(10-14)5-8-20-12-17/h13-15,18H,2-12H2,1H3. The largest absolute Gasteiger partial charge is 0.378 e. The molecule has 4 atom stereocenters. The van der Waals surface area contributed by atoms with Crippen molar-refractivity contribution in [1.82, 2.24) is 5.32 Å². The highest BCUT2D eigenvalue weighted by Gasteiger charge is 2.43. The Balaban J connectivity index is 1.52. The third kappa shape index (κ3) is 3.66. The molecule has 3 fully saturated rings. The van der Waals surface area contributed by atoms with E-state index in [2.05, 4.69) is 12.2 Å². The van der Waals surface area contributed by atoms with Crippen molar-refractivity contribution in [1.29, 1.82) is 0 Å². The molecule has 3 heterocycles. The van der Waals surface area contributed by atoms with Gasteiger partial charge in [0.2, 0.25) is 0 Å². The fourth-order valence-electron chi connectivity index (χ4n) is 4.18. The molecule has 4 nitrogen and oxygen atoms in total. The summed E-state index contributed by atoms with van der Waals surface area (Å²) in [5.74, 6) is 1.83. The van der Waals surface area contributed by atoms with E-state index in [4.69, 9.17) is 9.47 Å². The first kappa shape index (κ1) is 15.4. The van der Waals surface area contributed by atoms with E-state index in [-0.39, 0.29) is 11.5 Å². The molecule has 21 heavy (non-hydrogen) atoms. The predicted octanol–water partition coefficient (Wildman–Crippen LogP) is 2.17. The van der Waals surface area contributed by atoms with Gasteiger partial charge < -0.3 is 14.8 Å². The van der Waals surface area contributed by atoms with Crippen molar-refractivity contribution in [2.24, 2.45) is 17.8 Å². The molecule has 0 bridgehead atoms. The van der Waals surface area contributed by atoms with Crippen LogP contribution in [0.5, 0.6) is 0 Å². The Morgan fingerprint density at radius 3 is 3.00 bits per heavy atom. The van der Waals surface area contributed by atoms with Crippen molar-refractivity contribution < 1.29 is 14.3 Å². The Morgan fingerprint density at radius 2 is 2.29 bits per heavy atom. The summed E-state index contributed by atoms with van der Waals surface area (Å²) >= 11 is 0. The maximum absolute atomic E-state index is 12.7. The fraction of sp³-hybridized carbons (Fsp3) is 0.941. The van der Waals surface area contributed by atoms with Gasteiger partial charge in [-0.15, -0.1) is 0 Å². The molecule has 3 aliphatic heterocycles. The molecule has 4 heteroatoms. The number of carbonyl (C=O) groups is 1. The smallest absolute Gasteiger partial charge is 0.136 e. The molecular weight excluding hydrogens is 266 g/mol. The lowest BCUT2D eigenvalue weighted by molar-refractivity contribution is -0.138. The molecular formula is C17H29NO3. The number of carbonyl (C=O) groups excluding carboxylic acids is 1. The quantitative estimate of drug-likeness (QED) is 0.863. The van der Waals surface area contributed by atoms with Gasteiger partial charge in [-0.2, -0.15) is 0 Å². The average molecular weight is 295 g/mol. The van der Waals surface area contributed by atoms with Crippen molar-refractivity contribution in [2.75, 3.05) is 32.9 Å². The number of hydrogen-bond donors (Lipinski definition) is 1. The van der Waals surface area contributed by atoms with Gasteiger partial charge in [0, 0.05) is 32.0 Å². The van der Waals surface area contributed by atoms with Gasteiger partial charge in [0.1, 0.15) is 5.78 Å². The van der Waals surface area contributed by atoms with Crippen molar-refractivity contribution in [3.05, 3.63) is 0 Å². The van der Waals surface area contributed by atoms with Crippen LogP contribution in [0.2, 0.25) is 0 Å². The Morgan fingerprint density at radius 1 is 1.38 bits per heavy atom. The molecule has 1 N–H and O–H groups in total. The molecule has 1 spiro atoms. The number of Topliss-reactive ketones (excluding diaryl/α,β-unsaturated/α-hetero) is 1. The van der Waals surface area contributed by atoms with Crippen LogP contribution in [0.4, 0.5) is 0 Å². The third-order valence-corrected chi connectivity index (χ3v) is 5.68. The topological polar surface area (TPSA) is 47.6 Å². The van der Waals surface area contributed by atoms with E-state index in [1.54, 1.807) is 0 Å². The summed E-state index contributed by atoms with van der Waals surface area (Å²) in [5.41, 5.74) is -0.145. The van der Waals surface area contributed by atoms with E-state index in [1.165, 1.54) is 12.8 Å². The summed E-state index contributed by atoms with van der Waals surface area (Å²) in [6.07, 6.45) is 6.00. The Hall–Kier alpha value is -0.450. The molecule has 0 aliphatic carbocycles. The minimum Gasteiger partial charge on any atom is -0.378 e. The van der Waals surface area contributed by atoms with Gasteiger partial charge in [0.05, 0.1) is 12.2 Å². The lowest BCUT2D eigenvalue weighted by Gasteiger charge is -2.37. The van der Waals surface area contributed by atoms with E-state index in [9.17, 15) is 4.79 Å². The lowest BCUT2D eigenvalue weighted by atomic mass is 9.78. The minimum absolute atomic E-state index is 0.145. The monoisotopic (exact) mass is 295 g/mol.